The van der Waals surface area contributed by atoms with Crippen LogP contribution in [-0.4, -0.2) is 29.9 Å². The molecule has 2 rings (SSSR count). The van der Waals surface area contributed by atoms with E-state index in [9.17, 15) is 0 Å². The van der Waals surface area contributed by atoms with E-state index in [1.165, 1.54) is 16.1 Å². The second-order valence-electron chi connectivity index (χ2n) is 3.91. The van der Waals surface area contributed by atoms with Gasteiger partial charge in [-0.15, -0.1) is 0 Å². The molecular weight excluding hydrogens is 190 g/mol. The molecule has 0 aromatic carbocycles. The Morgan fingerprint density at radius 1 is 1.60 bits per heavy atom. The lowest BCUT2D eigenvalue weighted by atomic mass is 10.1. The van der Waals surface area contributed by atoms with Gasteiger partial charge in [0, 0.05) is 30.0 Å². The molecule has 0 radical (unpaired) electrons. The third kappa shape index (κ3) is 1.85. The lowest BCUT2D eigenvalue weighted by molar-refractivity contribution is 0.157. The summed E-state index contributed by atoms with van der Waals surface area (Å²) in [6, 6.07) is 0. The van der Waals surface area contributed by atoms with Gasteiger partial charge in [0.2, 0.25) is 0 Å². The van der Waals surface area contributed by atoms with E-state index in [1.54, 1.807) is 7.11 Å². The maximum Gasteiger partial charge on any atom is 0.0796 e. The number of aliphatic hydroxyl groups excluding tert-OH is 1. The van der Waals surface area contributed by atoms with E-state index in [0.717, 1.165) is 12.1 Å². The summed E-state index contributed by atoms with van der Waals surface area (Å²) in [6.45, 7) is 2.24. The lowest BCUT2D eigenvalue weighted by Crippen LogP contribution is -2.32. The second-order valence-corrected chi connectivity index (χ2v) is 3.91. The fourth-order valence-electron chi connectivity index (χ4n) is 2.15. The van der Waals surface area contributed by atoms with E-state index in [0.29, 0.717) is 6.42 Å². The van der Waals surface area contributed by atoms with Crippen molar-refractivity contribution < 1.29 is 9.84 Å². The average Bonchev–Trinajstić information content (AvgIpc) is 2.55. The highest BCUT2D eigenvalue weighted by Gasteiger charge is 2.11. The summed E-state index contributed by atoms with van der Waals surface area (Å²) in [4.78, 5) is 3.34. The highest BCUT2D eigenvalue weighted by molar-refractivity contribution is 5.45. The minimum Gasteiger partial charge on any atom is -0.396 e. The number of fused-ring (bicyclic) bond motifs is 1. The number of nitrogens with one attached hydrogen (secondary N) is 1. The SMILES string of the molecule is COC1C=c2c(CCO)c(C)[nH]c2=CC1. The monoisotopic (exact) mass is 207 g/mol. The van der Waals surface area contributed by atoms with Gasteiger partial charge in [-0.25, -0.2) is 0 Å². The Kier molecular flexibility index (Phi) is 2.93. The molecule has 1 heterocycles. The van der Waals surface area contributed by atoms with E-state index in [4.69, 9.17) is 9.84 Å². The number of rotatable bonds is 3. The van der Waals surface area contributed by atoms with E-state index >= 15 is 0 Å². The number of hydrogen-bond donors (Lipinski definition) is 2. The molecule has 1 aromatic rings. The van der Waals surface area contributed by atoms with E-state index in [2.05, 4.69) is 17.1 Å². The molecule has 0 saturated carbocycles. The summed E-state index contributed by atoms with van der Waals surface area (Å²) in [5, 5.41) is 11.4. The molecule has 1 unspecified atom stereocenters. The molecule has 0 bridgehead atoms. The number of methoxy groups -OCH3 is 1. The van der Waals surface area contributed by atoms with Crippen LogP contribution in [0.15, 0.2) is 0 Å². The normalized spacial score (nSPS) is 19.3. The van der Waals surface area contributed by atoms with Gasteiger partial charge in [0.1, 0.15) is 0 Å². The quantitative estimate of drug-likeness (QED) is 0.723. The highest BCUT2D eigenvalue weighted by atomic mass is 16.5. The topological polar surface area (TPSA) is 45.2 Å². The number of H-pyrrole nitrogens is 1. The Morgan fingerprint density at radius 3 is 3.07 bits per heavy atom. The fourth-order valence-corrected chi connectivity index (χ4v) is 2.15. The largest absolute Gasteiger partial charge is 0.396 e. The van der Waals surface area contributed by atoms with Gasteiger partial charge >= 0.3 is 0 Å². The van der Waals surface area contributed by atoms with Crippen LogP contribution in [0.4, 0.5) is 0 Å². The predicted molar refractivity (Wildman–Crippen MR) is 59.9 cm³/mol. The molecule has 1 aliphatic carbocycles. The van der Waals surface area contributed by atoms with Crippen LogP contribution in [0.3, 0.4) is 0 Å². The first-order valence-corrected chi connectivity index (χ1v) is 5.29. The minimum absolute atomic E-state index is 0.171. The Labute approximate surface area is 89.1 Å². The number of hydrogen-bond acceptors (Lipinski definition) is 2. The zero-order chi connectivity index (χ0) is 10.8. The number of aliphatic hydroxyl groups is 1. The van der Waals surface area contributed by atoms with Gasteiger partial charge in [0.25, 0.3) is 0 Å². The molecular formula is C12H17NO2. The molecule has 2 N–H and O–H groups in total. The van der Waals surface area contributed by atoms with Gasteiger partial charge in [-0.1, -0.05) is 6.08 Å². The molecule has 0 fully saturated rings. The van der Waals surface area contributed by atoms with Crippen LogP contribution >= 0.6 is 0 Å². The number of aromatic nitrogens is 1. The van der Waals surface area contributed by atoms with Crippen molar-refractivity contribution >= 4 is 12.2 Å². The maximum absolute atomic E-state index is 9.02. The van der Waals surface area contributed by atoms with Crippen molar-refractivity contribution in [1.29, 1.82) is 0 Å². The number of aromatic amines is 1. The smallest absolute Gasteiger partial charge is 0.0796 e. The Bertz CT molecular complexity index is 459. The van der Waals surface area contributed by atoms with Crippen LogP contribution in [0.2, 0.25) is 0 Å². The van der Waals surface area contributed by atoms with Gasteiger partial charge in [-0.05, 0) is 31.4 Å². The summed E-state index contributed by atoms with van der Waals surface area (Å²) in [5.74, 6) is 0. The van der Waals surface area contributed by atoms with Gasteiger partial charge in [0.05, 0.1) is 6.10 Å². The fraction of sp³-hybridized carbons (Fsp3) is 0.500. The highest BCUT2D eigenvalue weighted by Crippen LogP contribution is 2.05. The average molecular weight is 207 g/mol. The number of aryl methyl sites for hydroxylation is 1. The Hall–Kier alpha value is -1.06. The van der Waals surface area contributed by atoms with Gasteiger partial charge < -0.3 is 14.8 Å². The summed E-state index contributed by atoms with van der Waals surface area (Å²) in [5.41, 5.74) is 2.36. The predicted octanol–water partition coefficient (Wildman–Crippen LogP) is -0.162. The molecule has 1 aromatic heterocycles. The van der Waals surface area contributed by atoms with Crippen LogP contribution in [-0.2, 0) is 11.2 Å². The molecule has 0 amide bonds. The summed E-state index contributed by atoms with van der Waals surface area (Å²) in [6.07, 6.45) is 6.10. The van der Waals surface area contributed by atoms with Crippen molar-refractivity contribution in [3.05, 3.63) is 21.8 Å². The minimum atomic E-state index is 0.171. The summed E-state index contributed by atoms with van der Waals surface area (Å²) in [7, 11) is 1.73. The van der Waals surface area contributed by atoms with Crippen LogP contribution in [0.25, 0.3) is 12.2 Å². The molecule has 0 saturated heterocycles. The third-order valence-electron chi connectivity index (χ3n) is 2.96. The van der Waals surface area contributed by atoms with Crippen LogP contribution < -0.4 is 10.6 Å². The summed E-state index contributed by atoms with van der Waals surface area (Å²) >= 11 is 0. The standard InChI is InChI=1S/C12H17NO2/c1-8-10(5-6-14)11-7-9(15-2)3-4-12(11)13-8/h4,7,9,13-14H,3,5-6H2,1-2H3. The van der Waals surface area contributed by atoms with Gasteiger partial charge in [-0.3, -0.25) is 0 Å². The second kappa shape index (κ2) is 4.21. The molecule has 3 nitrogen and oxygen atoms in total. The van der Waals surface area contributed by atoms with Crippen LogP contribution in [0.1, 0.15) is 17.7 Å². The van der Waals surface area contributed by atoms with Crippen molar-refractivity contribution in [2.45, 2.75) is 25.9 Å². The van der Waals surface area contributed by atoms with Crippen molar-refractivity contribution in [3.63, 3.8) is 0 Å². The molecule has 82 valence electrons. The van der Waals surface area contributed by atoms with Crippen molar-refractivity contribution in [1.82, 2.24) is 4.98 Å². The Balaban J connectivity index is 2.54. The van der Waals surface area contributed by atoms with Crippen molar-refractivity contribution in [2.24, 2.45) is 0 Å². The van der Waals surface area contributed by atoms with Crippen molar-refractivity contribution in [3.8, 4) is 0 Å². The van der Waals surface area contributed by atoms with Gasteiger partial charge in [-0.2, -0.15) is 0 Å². The zero-order valence-corrected chi connectivity index (χ0v) is 9.21. The summed E-state index contributed by atoms with van der Waals surface area (Å²) < 4.78 is 5.33. The molecule has 15 heavy (non-hydrogen) atoms. The van der Waals surface area contributed by atoms with E-state index < -0.39 is 0 Å². The Morgan fingerprint density at radius 2 is 2.40 bits per heavy atom. The maximum atomic E-state index is 9.02. The zero-order valence-electron chi connectivity index (χ0n) is 9.21. The molecule has 0 spiro atoms. The van der Waals surface area contributed by atoms with Crippen LogP contribution in [0, 0.1) is 6.92 Å². The van der Waals surface area contributed by atoms with E-state index in [-0.39, 0.29) is 12.7 Å². The van der Waals surface area contributed by atoms with Gasteiger partial charge in [0.15, 0.2) is 0 Å². The first-order chi connectivity index (χ1) is 7.26. The van der Waals surface area contributed by atoms with E-state index in [1.807, 2.05) is 6.92 Å². The first kappa shape index (κ1) is 10.5. The molecule has 1 atom stereocenters. The molecule has 1 aliphatic rings. The number of ether oxygens (including phenoxy) is 1. The molecule has 0 aliphatic heterocycles. The van der Waals surface area contributed by atoms with Crippen molar-refractivity contribution in [2.75, 3.05) is 13.7 Å². The van der Waals surface area contributed by atoms with Crippen LogP contribution in [0.5, 0.6) is 0 Å². The lowest BCUT2D eigenvalue weighted by Gasteiger charge is -2.10. The first-order valence-electron chi connectivity index (χ1n) is 5.29. The molecule has 3 heteroatoms. The third-order valence-corrected chi connectivity index (χ3v) is 2.96.